The van der Waals surface area contributed by atoms with Crippen LogP contribution in [-0.2, 0) is 11.2 Å². The molecule has 5 nitrogen and oxygen atoms in total. The first-order chi connectivity index (χ1) is 9.99. The predicted molar refractivity (Wildman–Crippen MR) is 83.1 cm³/mol. The fraction of sp³-hybridized carbons (Fsp3) is 0.429. The molecule has 0 unspecified atom stereocenters. The minimum atomic E-state index is -0.864. The number of halogens is 2. The lowest BCUT2D eigenvalue weighted by Gasteiger charge is -2.08. The summed E-state index contributed by atoms with van der Waals surface area (Å²) in [6.07, 6.45) is 1.97. The molecule has 0 radical (unpaired) electrons. The first-order valence-corrected chi connectivity index (χ1v) is 7.42. The van der Waals surface area contributed by atoms with Crippen LogP contribution in [0.4, 0.5) is 4.79 Å². The predicted octanol–water partition coefficient (Wildman–Crippen LogP) is 3.09. The van der Waals surface area contributed by atoms with Crippen molar-refractivity contribution in [1.29, 1.82) is 0 Å². The van der Waals surface area contributed by atoms with Crippen molar-refractivity contribution in [1.82, 2.24) is 10.6 Å². The Hall–Kier alpha value is -1.46. The molecule has 3 N–H and O–H groups in total. The van der Waals surface area contributed by atoms with E-state index in [0.717, 1.165) is 18.4 Å². The molecule has 1 rings (SSSR count). The second kappa shape index (κ2) is 9.47. The zero-order valence-corrected chi connectivity index (χ0v) is 13.0. The van der Waals surface area contributed by atoms with Gasteiger partial charge < -0.3 is 15.7 Å². The van der Waals surface area contributed by atoms with Crippen LogP contribution in [0.3, 0.4) is 0 Å². The number of carboxylic acid groups (broad SMARTS) is 1. The van der Waals surface area contributed by atoms with Crippen LogP contribution >= 0.6 is 23.2 Å². The van der Waals surface area contributed by atoms with Gasteiger partial charge in [0.15, 0.2) is 0 Å². The molecule has 21 heavy (non-hydrogen) atoms. The Kier molecular flexibility index (Phi) is 7.93. The zero-order chi connectivity index (χ0) is 15.7. The molecule has 0 heterocycles. The standard InChI is InChI=1S/C14H18Cl2N2O3/c15-11-6-5-10(12(16)9-11)3-1-7-17-14(21)18-8-2-4-13(19)20/h5-6,9H,1-4,7-8H2,(H,19,20)(H2,17,18,21). The second-order valence-corrected chi connectivity index (χ2v) is 5.36. The Morgan fingerprint density at radius 2 is 1.76 bits per heavy atom. The molecule has 0 atom stereocenters. The van der Waals surface area contributed by atoms with Crippen molar-refractivity contribution in [2.75, 3.05) is 13.1 Å². The number of carbonyl (C=O) groups excluding carboxylic acids is 1. The van der Waals surface area contributed by atoms with Crippen LogP contribution in [0.1, 0.15) is 24.8 Å². The third-order valence-electron chi connectivity index (χ3n) is 2.78. The molecule has 116 valence electrons. The monoisotopic (exact) mass is 332 g/mol. The van der Waals surface area contributed by atoms with Gasteiger partial charge in [-0.05, 0) is 37.0 Å². The van der Waals surface area contributed by atoms with E-state index in [1.165, 1.54) is 0 Å². The molecule has 2 amide bonds. The van der Waals surface area contributed by atoms with E-state index in [4.69, 9.17) is 28.3 Å². The first kappa shape index (κ1) is 17.6. The van der Waals surface area contributed by atoms with Crippen LogP contribution in [-0.4, -0.2) is 30.2 Å². The molecular weight excluding hydrogens is 315 g/mol. The number of rotatable bonds is 8. The Bertz CT molecular complexity index is 495. The number of benzene rings is 1. The van der Waals surface area contributed by atoms with Gasteiger partial charge in [0.05, 0.1) is 0 Å². The van der Waals surface area contributed by atoms with Gasteiger partial charge in [0.25, 0.3) is 0 Å². The van der Waals surface area contributed by atoms with Gasteiger partial charge in [0.2, 0.25) is 0 Å². The summed E-state index contributed by atoms with van der Waals surface area (Å²) in [4.78, 5) is 21.7. The van der Waals surface area contributed by atoms with Crippen LogP contribution < -0.4 is 10.6 Å². The molecule has 0 spiro atoms. The van der Waals surface area contributed by atoms with Gasteiger partial charge in [0.1, 0.15) is 0 Å². The summed E-state index contributed by atoms with van der Waals surface area (Å²) < 4.78 is 0. The average Bonchev–Trinajstić information content (AvgIpc) is 2.41. The third kappa shape index (κ3) is 7.78. The van der Waals surface area contributed by atoms with Gasteiger partial charge in [-0.1, -0.05) is 29.3 Å². The maximum atomic E-state index is 11.4. The van der Waals surface area contributed by atoms with Crippen LogP contribution in [0.25, 0.3) is 0 Å². The number of hydrogen-bond acceptors (Lipinski definition) is 2. The molecule has 1 aromatic carbocycles. The van der Waals surface area contributed by atoms with Crippen LogP contribution in [0, 0.1) is 0 Å². The maximum absolute atomic E-state index is 11.4. The summed E-state index contributed by atoms with van der Waals surface area (Å²) in [5, 5.41) is 15.0. The van der Waals surface area contributed by atoms with Crippen LogP contribution in [0.5, 0.6) is 0 Å². The molecule has 1 aromatic rings. The van der Waals surface area contributed by atoms with E-state index in [2.05, 4.69) is 10.6 Å². The fourth-order valence-corrected chi connectivity index (χ4v) is 2.21. The van der Waals surface area contributed by atoms with Crippen molar-refractivity contribution < 1.29 is 14.7 Å². The van der Waals surface area contributed by atoms with Crippen molar-refractivity contribution in [3.05, 3.63) is 33.8 Å². The highest BCUT2D eigenvalue weighted by Gasteiger charge is 2.03. The lowest BCUT2D eigenvalue weighted by atomic mass is 10.1. The van der Waals surface area contributed by atoms with Gasteiger partial charge in [-0.2, -0.15) is 0 Å². The molecule has 0 aliphatic heterocycles. The Morgan fingerprint density at radius 3 is 2.38 bits per heavy atom. The average molecular weight is 333 g/mol. The van der Waals surface area contributed by atoms with E-state index >= 15 is 0 Å². The van der Waals surface area contributed by atoms with E-state index in [9.17, 15) is 9.59 Å². The molecule has 0 saturated heterocycles. The molecule has 0 saturated carbocycles. The SMILES string of the molecule is O=C(O)CCCNC(=O)NCCCc1ccc(Cl)cc1Cl. The summed E-state index contributed by atoms with van der Waals surface area (Å²) in [6.45, 7) is 0.866. The highest BCUT2D eigenvalue weighted by atomic mass is 35.5. The second-order valence-electron chi connectivity index (χ2n) is 4.52. The lowest BCUT2D eigenvalue weighted by Crippen LogP contribution is -2.36. The fourth-order valence-electron chi connectivity index (χ4n) is 1.71. The van der Waals surface area contributed by atoms with Gasteiger partial charge >= 0.3 is 12.0 Å². The van der Waals surface area contributed by atoms with Crippen molar-refractivity contribution in [3.63, 3.8) is 0 Å². The molecule has 7 heteroatoms. The Balaban J connectivity index is 2.13. The minimum absolute atomic E-state index is 0.0509. The summed E-state index contributed by atoms with van der Waals surface area (Å²) >= 11 is 11.9. The van der Waals surface area contributed by atoms with Crippen molar-refractivity contribution >= 4 is 35.2 Å². The normalized spacial score (nSPS) is 10.2. The smallest absolute Gasteiger partial charge is 0.314 e. The zero-order valence-electron chi connectivity index (χ0n) is 11.5. The maximum Gasteiger partial charge on any atom is 0.314 e. The third-order valence-corrected chi connectivity index (χ3v) is 3.36. The summed E-state index contributed by atoms with van der Waals surface area (Å²) in [7, 11) is 0. The summed E-state index contributed by atoms with van der Waals surface area (Å²) in [5.74, 6) is -0.864. The van der Waals surface area contributed by atoms with Crippen LogP contribution in [0.2, 0.25) is 10.0 Å². The number of aryl methyl sites for hydroxylation is 1. The number of hydrogen-bond donors (Lipinski definition) is 3. The van der Waals surface area contributed by atoms with Crippen LogP contribution in [0.15, 0.2) is 18.2 Å². The van der Waals surface area contributed by atoms with E-state index in [-0.39, 0.29) is 12.5 Å². The minimum Gasteiger partial charge on any atom is -0.481 e. The van der Waals surface area contributed by atoms with Crippen molar-refractivity contribution in [2.24, 2.45) is 0 Å². The van der Waals surface area contributed by atoms with E-state index < -0.39 is 5.97 Å². The molecule has 0 aliphatic carbocycles. The van der Waals surface area contributed by atoms with Gasteiger partial charge in [-0.25, -0.2) is 4.79 Å². The number of carboxylic acids is 1. The number of amides is 2. The number of carbonyl (C=O) groups is 2. The highest BCUT2D eigenvalue weighted by Crippen LogP contribution is 2.21. The van der Waals surface area contributed by atoms with Gasteiger partial charge in [0, 0.05) is 29.6 Å². The van der Waals surface area contributed by atoms with Crippen molar-refractivity contribution in [2.45, 2.75) is 25.7 Å². The summed E-state index contributed by atoms with van der Waals surface area (Å²) in [5.41, 5.74) is 0.990. The number of nitrogens with one attached hydrogen (secondary N) is 2. The Morgan fingerprint density at radius 1 is 1.10 bits per heavy atom. The highest BCUT2D eigenvalue weighted by molar-refractivity contribution is 6.35. The van der Waals surface area contributed by atoms with E-state index in [1.54, 1.807) is 12.1 Å². The number of aliphatic carboxylic acids is 1. The van der Waals surface area contributed by atoms with E-state index in [0.29, 0.717) is 29.6 Å². The molecule has 0 fully saturated rings. The summed E-state index contributed by atoms with van der Waals surface area (Å²) in [6, 6.07) is 5.06. The lowest BCUT2D eigenvalue weighted by molar-refractivity contribution is -0.137. The number of urea groups is 1. The Labute approximate surface area is 133 Å². The van der Waals surface area contributed by atoms with Gasteiger partial charge in [-0.15, -0.1) is 0 Å². The largest absolute Gasteiger partial charge is 0.481 e. The molecule has 0 bridgehead atoms. The molecular formula is C14H18Cl2N2O3. The van der Waals surface area contributed by atoms with Crippen molar-refractivity contribution in [3.8, 4) is 0 Å². The molecule has 0 aromatic heterocycles. The van der Waals surface area contributed by atoms with Gasteiger partial charge in [-0.3, -0.25) is 4.79 Å². The molecule has 0 aliphatic rings. The van der Waals surface area contributed by atoms with E-state index in [1.807, 2.05) is 6.07 Å². The quantitative estimate of drug-likeness (QED) is 0.640. The topological polar surface area (TPSA) is 78.4 Å². The first-order valence-electron chi connectivity index (χ1n) is 6.66.